The molecule has 0 unspecified atom stereocenters. The molecule has 1 rings (SSSR count). The Morgan fingerprint density at radius 2 is 2.22 bits per heavy atom. The van der Waals surface area contributed by atoms with Crippen LogP contribution in [-0.4, -0.2) is 19.4 Å². The molecule has 0 N–H and O–H groups in total. The number of benzene rings is 1. The van der Waals surface area contributed by atoms with Crippen LogP contribution in [0.4, 0.5) is 5.69 Å². The van der Waals surface area contributed by atoms with Crippen LogP contribution in [0, 0.1) is 17.2 Å². The molecule has 0 aliphatic heterocycles. The molecule has 0 amide bonds. The summed E-state index contributed by atoms with van der Waals surface area (Å²) in [7, 11) is 0. The number of carbonyl (C=O) groups excluding carboxylic acids is 1. The van der Waals surface area contributed by atoms with Crippen molar-refractivity contribution in [2.45, 2.75) is 20.3 Å². The second-order valence-corrected chi connectivity index (χ2v) is 5.01. The Labute approximate surface area is 113 Å². The van der Waals surface area contributed by atoms with E-state index < -0.39 is 0 Å². The van der Waals surface area contributed by atoms with Gasteiger partial charge < -0.3 is 4.90 Å². The smallest absolute Gasteiger partial charge is 0.152 e. The number of hydrogen-bond acceptors (Lipinski definition) is 3. The Kier molecular flexibility index (Phi) is 5.67. The summed E-state index contributed by atoms with van der Waals surface area (Å²) in [6, 6.07) is 7.40. The highest BCUT2D eigenvalue weighted by atomic mass is 35.5. The van der Waals surface area contributed by atoms with Crippen molar-refractivity contribution in [2.24, 2.45) is 5.92 Å². The fourth-order valence-electron chi connectivity index (χ4n) is 1.84. The normalized spacial score (nSPS) is 10.2. The van der Waals surface area contributed by atoms with Crippen LogP contribution in [0.2, 0.25) is 5.02 Å². The molecule has 0 radical (unpaired) electrons. The number of aldehydes is 1. The summed E-state index contributed by atoms with van der Waals surface area (Å²) in [5.41, 5.74) is 1.42. The molecule has 0 atom stereocenters. The van der Waals surface area contributed by atoms with Crippen molar-refractivity contribution in [3.63, 3.8) is 0 Å². The summed E-state index contributed by atoms with van der Waals surface area (Å²) in [4.78, 5) is 13.2. The van der Waals surface area contributed by atoms with E-state index in [1.54, 1.807) is 12.1 Å². The second kappa shape index (κ2) is 7.03. The van der Waals surface area contributed by atoms with Crippen molar-refractivity contribution in [1.82, 2.24) is 0 Å². The van der Waals surface area contributed by atoms with E-state index in [2.05, 4.69) is 24.8 Å². The summed E-state index contributed by atoms with van der Waals surface area (Å²) in [6.07, 6.45) is 1.24. The topological polar surface area (TPSA) is 44.1 Å². The van der Waals surface area contributed by atoms with E-state index in [1.165, 1.54) is 0 Å². The van der Waals surface area contributed by atoms with Crippen molar-refractivity contribution < 1.29 is 4.79 Å². The fourth-order valence-corrected chi connectivity index (χ4v) is 2.02. The Morgan fingerprint density at radius 1 is 1.50 bits per heavy atom. The highest BCUT2D eigenvalue weighted by Crippen LogP contribution is 2.24. The van der Waals surface area contributed by atoms with Crippen LogP contribution in [0.1, 0.15) is 30.6 Å². The molecule has 3 nitrogen and oxygen atoms in total. The zero-order chi connectivity index (χ0) is 13.5. The summed E-state index contributed by atoms with van der Waals surface area (Å²) < 4.78 is 0. The van der Waals surface area contributed by atoms with E-state index in [4.69, 9.17) is 16.9 Å². The molecule has 0 fully saturated rings. The van der Waals surface area contributed by atoms with Crippen molar-refractivity contribution in [3.8, 4) is 6.07 Å². The summed E-state index contributed by atoms with van der Waals surface area (Å²) in [5.74, 6) is 0.457. The van der Waals surface area contributed by atoms with Gasteiger partial charge in [-0.3, -0.25) is 4.79 Å². The largest absolute Gasteiger partial charge is 0.370 e. The lowest BCUT2D eigenvalue weighted by atomic mass is 10.1. The molecule has 18 heavy (non-hydrogen) atoms. The lowest BCUT2D eigenvalue weighted by Crippen LogP contribution is -2.29. The molecule has 0 saturated heterocycles. The van der Waals surface area contributed by atoms with Gasteiger partial charge in [0.1, 0.15) is 0 Å². The first-order chi connectivity index (χ1) is 8.58. The van der Waals surface area contributed by atoms with Gasteiger partial charge in [-0.25, -0.2) is 0 Å². The molecular formula is C14H17ClN2O. The Hall–Kier alpha value is -1.53. The van der Waals surface area contributed by atoms with Gasteiger partial charge in [0.15, 0.2) is 6.29 Å². The Balaban J connectivity index is 3.03. The maximum Gasteiger partial charge on any atom is 0.152 e. The molecule has 0 aliphatic carbocycles. The van der Waals surface area contributed by atoms with Crippen molar-refractivity contribution in [3.05, 3.63) is 28.8 Å². The minimum Gasteiger partial charge on any atom is -0.370 e. The van der Waals surface area contributed by atoms with E-state index in [-0.39, 0.29) is 0 Å². The van der Waals surface area contributed by atoms with Gasteiger partial charge >= 0.3 is 0 Å². The van der Waals surface area contributed by atoms with Gasteiger partial charge in [-0.2, -0.15) is 5.26 Å². The van der Waals surface area contributed by atoms with Crippen molar-refractivity contribution in [2.75, 3.05) is 18.0 Å². The maximum atomic E-state index is 11.1. The molecule has 0 aliphatic rings. The lowest BCUT2D eigenvalue weighted by Gasteiger charge is -2.27. The van der Waals surface area contributed by atoms with Gasteiger partial charge in [-0.15, -0.1) is 0 Å². The number of anilines is 1. The third-order valence-electron chi connectivity index (χ3n) is 2.54. The van der Waals surface area contributed by atoms with Crippen LogP contribution >= 0.6 is 11.6 Å². The minimum absolute atomic E-state index is 0.438. The molecule has 0 aromatic heterocycles. The lowest BCUT2D eigenvalue weighted by molar-refractivity contribution is 0.112. The van der Waals surface area contributed by atoms with Crippen LogP contribution in [0.3, 0.4) is 0 Å². The first-order valence-electron chi connectivity index (χ1n) is 5.95. The number of rotatable bonds is 6. The van der Waals surface area contributed by atoms with Gasteiger partial charge in [0.05, 0.1) is 12.5 Å². The monoisotopic (exact) mass is 264 g/mol. The number of nitrogens with zero attached hydrogens (tertiary/aromatic N) is 2. The van der Waals surface area contributed by atoms with E-state index >= 15 is 0 Å². The van der Waals surface area contributed by atoms with Crippen LogP contribution in [0.25, 0.3) is 0 Å². The third kappa shape index (κ3) is 4.05. The van der Waals surface area contributed by atoms with Crippen LogP contribution < -0.4 is 4.90 Å². The van der Waals surface area contributed by atoms with Crippen LogP contribution in [-0.2, 0) is 0 Å². The maximum absolute atomic E-state index is 11.1. The zero-order valence-electron chi connectivity index (χ0n) is 10.7. The number of carbonyl (C=O) groups is 1. The fraction of sp³-hybridized carbons (Fsp3) is 0.429. The summed E-state index contributed by atoms with van der Waals surface area (Å²) in [6.45, 7) is 5.65. The number of hydrogen-bond donors (Lipinski definition) is 0. The standard InChI is InChI=1S/C14H17ClN2O/c1-11(2)9-17(7-3-6-16)14-5-4-13(15)8-12(14)10-18/h4-5,8,10-11H,3,7,9H2,1-2H3. The quantitative estimate of drug-likeness (QED) is 0.739. The van der Waals surface area contributed by atoms with E-state index in [0.29, 0.717) is 29.5 Å². The molecule has 0 saturated carbocycles. The third-order valence-corrected chi connectivity index (χ3v) is 2.77. The van der Waals surface area contributed by atoms with Gasteiger partial charge in [0.25, 0.3) is 0 Å². The van der Waals surface area contributed by atoms with Crippen molar-refractivity contribution >= 4 is 23.6 Å². The van der Waals surface area contributed by atoms with Gasteiger partial charge in [0, 0.05) is 29.4 Å². The molecule has 0 spiro atoms. The summed E-state index contributed by atoms with van der Waals surface area (Å²) >= 11 is 5.88. The predicted molar refractivity (Wildman–Crippen MR) is 74.1 cm³/mol. The zero-order valence-corrected chi connectivity index (χ0v) is 11.4. The van der Waals surface area contributed by atoms with E-state index in [1.807, 2.05) is 6.07 Å². The SMILES string of the molecule is CC(C)CN(CCC#N)c1ccc(Cl)cc1C=O. The molecule has 4 heteroatoms. The summed E-state index contributed by atoms with van der Waals surface area (Å²) in [5, 5.41) is 9.25. The second-order valence-electron chi connectivity index (χ2n) is 4.57. The van der Waals surface area contributed by atoms with E-state index in [0.717, 1.165) is 18.5 Å². The molecule has 1 aromatic rings. The van der Waals surface area contributed by atoms with E-state index in [9.17, 15) is 4.79 Å². The molecule has 0 bridgehead atoms. The average Bonchev–Trinajstić information content (AvgIpc) is 2.34. The Bertz CT molecular complexity index is 452. The first kappa shape index (κ1) is 14.5. The highest BCUT2D eigenvalue weighted by molar-refractivity contribution is 6.31. The molecule has 1 aromatic carbocycles. The first-order valence-corrected chi connectivity index (χ1v) is 6.33. The molecular weight excluding hydrogens is 248 g/mol. The van der Waals surface area contributed by atoms with Crippen LogP contribution in [0.15, 0.2) is 18.2 Å². The van der Waals surface area contributed by atoms with Crippen LogP contribution in [0.5, 0.6) is 0 Å². The number of halogens is 1. The molecule has 96 valence electrons. The minimum atomic E-state index is 0.438. The van der Waals surface area contributed by atoms with Gasteiger partial charge in [-0.1, -0.05) is 25.4 Å². The van der Waals surface area contributed by atoms with Gasteiger partial charge in [-0.05, 0) is 24.1 Å². The van der Waals surface area contributed by atoms with Crippen molar-refractivity contribution in [1.29, 1.82) is 5.26 Å². The average molecular weight is 265 g/mol. The molecule has 0 heterocycles. The Morgan fingerprint density at radius 3 is 2.78 bits per heavy atom. The van der Waals surface area contributed by atoms with Gasteiger partial charge in [0.2, 0.25) is 0 Å². The predicted octanol–water partition coefficient (Wildman–Crippen LogP) is 3.53. The highest BCUT2D eigenvalue weighted by Gasteiger charge is 2.12. The number of nitriles is 1.